The Hall–Kier alpha value is -2.04. The number of amides is 1. The van der Waals surface area contributed by atoms with Gasteiger partial charge in [0.25, 0.3) is 5.91 Å². The zero-order valence-electron chi connectivity index (χ0n) is 8.98. The second kappa shape index (κ2) is 6.44. The van der Waals surface area contributed by atoms with Gasteiger partial charge in [0.1, 0.15) is 5.69 Å². The number of nitrogens with two attached hydrogens (primary N) is 1. The minimum Gasteiger partial charge on any atom is -0.502 e. The monoisotopic (exact) mass is 221 g/mol. The average Bonchev–Trinajstić information content (AvgIpc) is 2.29. The lowest BCUT2D eigenvalue weighted by Crippen LogP contribution is -2.25. The molecule has 0 bridgehead atoms. The second-order valence-corrected chi connectivity index (χ2v) is 3.12. The smallest absolute Gasteiger partial charge is 0.269 e. The Morgan fingerprint density at radius 2 is 2.44 bits per heavy atom. The summed E-state index contributed by atoms with van der Waals surface area (Å²) in [4.78, 5) is 15.4. The first kappa shape index (κ1) is 12.0. The summed E-state index contributed by atoms with van der Waals surface area (Å²) in [5.74, 6) is -0.210. The third-order valence-electron chi connectivity index (χ3n) is 1.86. The molecule has 1 aromatic heterocycles. The van der Waals surface area contributed by atoms with E-state index in [1.165, 1.54) is 12.5 Å². The number of anilines is 1. The summed E-state index contributed by atoms with van der Waals surface area (Å²) in [5.41, 5.74) is 6.36. The predicted octanol–water partition coefficient (Wildman–Crippen LogP) is 0.944. The molecule has 0 atom stereocenters. The molecule has 0 saturated carbocycles. The zero-order chi connectivity index (χ0) is 11.8. The Morgan fingerprint density at radius 3 is 3.06 bits per heavy atom. The molecular formula is C11H15N3O2. The van der Waals surface area contributed by atoms with Gasteiger partial charge in [-0.15, -0.1) is 0 Å². The van der Waals surface area contributed by atoms with Gasteiger partial charge in [-0.05, 0) is 18.6 Å². The van der Waals surface area contributed by atoms with E-state index in [1.54, 1.807) is 12.1 Å². The Kier molecular flexibility index (Phi) is 4.85. The van der Waals surface area contributed by atoms with Crippen molar-refractivity contribution in [1.29, 1.82) is 0 Å². The Labute approximate surface area is 94.3 Å². The molecule has 3 N–H and O–H groups in total. The number of pyridine rings is 1. The zero-order valence-corrected chi connectivity index (χ0v) is 8.98. The molecule has 0 fully saturated rings. The van der Waals surface area contributed by atoms with Crippen molar-refractivity contribution in [2.45, 2.75) is 6.42 Å². The number of nitrogen functional groups attached to an aromatic ring is 1. The van der Waals surface area contributed by atoms with Crippen molar-refractivity contribution in [1.82, 2.24) is 10.3 Å². The number of nitrogens with zero attached hydrogens (tertiary/aromatic N) is 1. The largest absolute Gasteiger partial charge is 0.502 e. The number of hydrogen-bond donors (Lipinski definition) is 2. The highest BCUT2D eigenvalue weighted by Crippen LogP contribution is 2.00. The fourth-order valence-corrected chi connectivity index (χ4v) is 1.07. The molecule has 5 heteroatoms. The quantitative estimate of drug-likeness (QED) is 0.553. The molecule has 0 aromatic carbocycles. The molecule has 0 aliphatic carbocycles. The van der Waals surface area contributed by atoms with Crippen LogP contribution < -0.4 is 11.1 Å². The molecule has 1 heterocycles. The van der Waals surface area contributed by atoms with Crippen LogP contribution in [0.5, 0.6) is 0 Å². The lowest BCUT2D eigenvalue weighted by molar-refractivity contribution is 0.0945. The van der Waals surface area contributed by atoms with Gasteiger partial charge in [-0.3, -0.25) is 4.79 Å². The molecule has 0 spiro atoms. The topological polar surface area (TPSA) is 77.2 Å². The Bertz CT molecular complexity index is 349. The van der Waals surface area contributed by atoms with E-state index in [4.69, 9.17) is 10.5 Å². The van der Waals surface area contributed by atoms with Gasteiger partial charge >= 0.3 is 0 Å². The second-order valence-electron chi connectivity index (χ2n) is 3.12. The minimum absolute atomic E-state index is 0.210. The summed E-state index contributed by atoms with van der Waals surface area (Å²) >= 11 is 0. The van der Waals surface area contributed by atoms with Gasteiger partial charge in [0.2, 0.25) is 0 Å². The fourth-order valence-electron chi connectivity index (χ4n) is 1.07. The minimum atomic E-state index is -0.210. The average molecular weight is 221 g/mol. The normalized spacial score (nSPS) is 9.50. The molecule has 1 aromatic rings. The maximum Gasteiger partial charge on any atom is 0.269 e. The summed E-state index contributed by atoms with van der Waals surface area (Å²) < 4.78 is 4.92. The molecule has 16 heavy (non-hydrogen) atoms. The Balaban J connectivity index is 2.29. The lowest BCUT2D eigenvalue weighted by atomic mass is 10.3. The van der Waals surface area contributed by atoms with Crippen LogP contribution in [-0.2, 0) is 4.74 Å². The lowest BCUT2D eigenvalue weighted by Gasteiger charge is -2.04. The van der Waals surface area contributed by atoms with E-state index < -0.39 is 0 Å². The van der Waals surface area contributed by atoms with Crippen LogP contribution in [0.15, 0.2) is 31.2 Å². The number of aromatic nitrogens is 1. The molecule has 0 saturated heterocycles. The van der Waals surface area contributed by atoms with E-state index in [9.17, 15) is 4.79 Å². The number of nitrogens with one attached hydrogen (secondary N) is 1. The summed E-state index contributed by atoms with van der Waals surface area (Å²) in [6, 6.07) is 3.23. The van der Waals surface area contributed by atoms with Crippen molar-refractivity contribution in [3.05, 3.63) is 36.9 Å². The Morgan fingerprint density at radius 1 is 1.62 bits per heavy atom. The molecule has 1 rings (SSSR count). The van der Waals surface area contributed by atoms with Gasteiger partial charge < -0.3 is 15.8 Å². The van der Waals surface area contributed by atoms with Gasteiger partial charge in [0, 0.05) is 6.54 Å². The fraction of sp³-hybridized carbons (Fsp3) is 0.273. The van der Waals surface area contributed by atoms with Crippen molar-refractivity contribution < 1.29 is 9.53 Å². The van der Waals surface area contributed by atoms with E-state index in [1.807, 2.05) is 0 Å². The number of rotatable bonds is 6. The van der Waals surface area contributed by atoms with Gasteiger partial charge in [-0.2, -0.15) is 0 Å². The van der Waals surface area contributed by atoms with Gasteiger partial charge in [-0.1, -0.05) is 6.58 Å². The maximum absolute atomic E-state index is 11.5. The summed E-state index contributed by atoms with van der Waals surface area (Å²) in [6.45, 7) is 4.50. The molecule has 0 unspecified atom stereocenters. The third kappa shape index (κ3) is 4.00. The number of carbonyl (C=O) groups excluding carboxylic acids is 1. The van der Waals surface area contributed by atoms with Gasteiger partial charge in [0.05, 0.1) is 24.8 Å². The van der Waals surface area contributed by atoms with E-state index >= 15 is 0 Å². The number of hydrogen-bond acceptors (Lipinski definition) is 4. The molecule has 0 aliphatic rings. The highest BCUT2D eigenvalue weighted by molar-refractivity contribution is 5.92. The highest BCUT2D eigenvalue weighted by Gasteiger charge is 2.04. The van der Waals surface area contributed by atoms with Gasteiger partial charge in [0.15, 0.2) is 0 Å². The van der Waals surface area contributed by atoms with Crippen LogP contribution in [0.3, 0.4) is 0 Å². The standard InChI is InChI=1S/C11H15N3O2/c1-2-16-7-3-6-13-11(15)10-5-4-9(12)8-14-10/h2,4-5,8H,1,3,6-7,12H2,(H,13,15). The first-order chi connectivity index (χ1) is 7.74. The van der Waals surface area contributed by atoms with Crippen LogP contribution in [0.4, 0.5) is 5.69 Å². The van der Waals surface area contributed by atoms with E-state index in [0.29, 0.717) is 24.5 Å². The summed E-state index contributed by atoms with van der Waals surface area (Å²) in [6.07, 6.45) is 3.56. The molecule has 0 aliphatic heterocycles. The van der Waals surface area contributed by atoms with E-state index in [2.05, 4.69) is 16.9 Å². The van der Waals surface area contributed by atoms with E-state index in [-0.39, 0.29) is 5.91 Å². The molecule has 5 nitrogen and oxygen atoms in total. The van der Waals surface area contributed by atoms with Crippen LogP contribution in [-0.4, -0.2) is 24.0 Å². The first-order valence-corrected chi connectivity index (χ1v) is 4.96. The SMILES string of the molecule is C=COCCCNC(=O)c1ccc(N)cn1. The van der Waals surface area contributed by atoms with Crippen LogP contribution in [0.25, 0.3) is 0 Å². The van der Waals surface area contributed by atoms with Crippen LogP contribution >= 0.6 is 0 Å². The maximum atomic E-state index is 11.5. The predicted molar refractivity (Wildman–Crippen MR) is 61.7 cm³/mol. The van der Waals surface area contributed by atoms with Crippen LogP contribution in [0, 0.1) is 0 Å². The van der Waals surface area contributed by atoms with Crippen molar-refractivity contribution in [2.75, 3.05) is 18.9 Å². The van der Waals surface area contributed by atoms with E-state index in [0.717, 1.165) is 6.42 Å². The molecule has 0 radical (unpaired) electrons. The van der Waals surface area contributed by atoms with Gasteiger partial charge in [-0.25, -0.2) is 4.98 Å². The molecule has 86 valence electrons. The van der Waals surface area contributed by atoms with Crippen molar-refractivity contribution in [3.8, 4) is 0 Å². The number of ether oxygens (including phenoxy) is 1. The number of carbonyl (C=O) groups is 1. The highest BCUT2D eigenvalue weighted by atomic mass is 16.5. The van der Waals surface area contributed by atoms with Crippen molar-refractivity contribution in [2.24, 2.45) is 0 Å². The van der Waals surface area contributed by atoms with Crippen LogP contribution in [0.1, 0.15) is 16.9 Å². The van der Waals surface area contributed by atoms with Crippen LogP contribution in [0.2, 0.25) is 0 Å². The first-order valence-electron chi connectivity index (χ1n) is 4.96. The summed E-state index contributed by atoms with van der Waals surface area (Å²) in [5, 5.41) is 2.72. The third-order valence-corrected chi connectivity index (χ3v) is 1.86. The molecule has 1 amide bonds. The molecular weight excluding hydrogens is 206 g/mol. The van der Waals surface area contributed by atoms with Crippen molar-refractivity contribution in [3.63, 3.8) is 0 Å². The van der Waals surface area contributed by atoms with Crippen molar-refractivity contribution >= 4 is 11.6 Å². The summed E-state index contributed by atoms with van der Waals surface area (Å²) in [7, 11) is 0.